The molecule has 0 amide bonds. The molecule has 2 aromatic heterocycles. The molecule has 0 saturated heterocycles. The summed E-state index contributed by atoms with van der Waals surface area (Å²) in [5.41, 5.74) is 2.50. The number of aromatic nitrogens is 3. The molecule has 0 atom stereocenters. The molecule has 0 spiro atoms. The molecule has 4 rings (SSSR count). The van der Waals surface area contributed by atoms with Crippen LogP contribution >= 0.6 is 22.9 Å². The predicted molar refractivity (Wildman–Crippen MR) is 97.7 cm³/mol. The number of benzene rings is 2. The highest BCUT2D eigenvalue weighted by molar-refractivity contribution is 7.13. The van der Waals surface area contributed by atoms with Crippen LogP contribution < -0.4 is 5.56 Å². The highest BCUT2D eigenvalue weighted by Crippen LogP contribution is 2.25. The van der Waals surface area contributed by atoms with Gasteiger partial charge in [-0.05, 0) is 24.3 Å². The molecule has 118 valence electrons. The molecule has 0 N–H and O–H groups in total. The van der Waals surface area contributed by atoms with Gasteiger partial charge < -0.3 is 0 Å². The molecule has 2 aromatic carbocycles. The molecule has 24 heavy (non-hydrogen) atoms. The van der Waals surface area contributed by atoms with Gasteiger partial charge in [0.05, 0.1) is 29.5 Å². The maximum atomic E-state index is 12.5. The first-order valence-corrected chi connectivity index (χ1v) is 8.61. The summed E-state index contributed by atoms with van der Waals surface area (Å²) in [6, 6.07) is 14.9. The highest BCUT2D eigenvalue weighted by Gasteiger charge is 2.08. The van der Waals surface area contributed by atoms with E-state index in [-0.39, 0.29) is 5.56 Å². The van der Waals surface area contributed by atoms with Crippen molar-refractivity contribution in [3.8, 4) is 10.6 Å². The number of nitrogens with zero attached hydrogens (tertiary/aromatic N) is 3. The number of thiazole rings is 1. The molecule has 0 fully saturated rings. The predicted octanol–water partition coefficient (Wildman–Crippen LogP) is 4.22. The van der Waals surface area contributed by atoms with E-state index in [1.54, 1.807) is 28.3 Å². The number of hydrogen-bond donors (Lipinski definition) is 0. The van der Waals surface area contributed by atoms with Gasteiger partial charge in [-0.2, -0.15) is 0 Å². The SMILES string of the molecule is O=c1c2ccccc2ncn1Cc1csc(-c2ccc(Cl)cc2)n1. The molecule has 0 unspecified atom stereocenters. The minimum absolute atomic E-state index is 0.0540. The summed E-state index contributed by atoms with van der Waals surface area (Å²) in [7, 11) is 0. The van der Waals surface area contributed by atoms with Gasteiger partial charge in [-0.1, -0.05) is 35.9 Å². The summed E-state index contributed by atoms with van der Waals surface area (Å²) >= 11 is 7.46. The lowest BCUT2D eigenvalue weighted by molar-refractivity contribution is 0.734. The van der Waals surface area contributed by atoms with Crippen LogP contribution in [0, 0.1) is 0 Å². The summed E-state index contributed by atoms with van der Waals surface area (Å²) in [5.74, 6) is 0. The lowest BCUT2D eigenvalue weighted by Crippen LogP contribution is -2.21. The number of rotatable bonds is 3. The summed E-state index contributed by atoms with van der Waals surface area (Å²) < 4.78 is 1.59. The zero-order chi connectivity index (χ0) is 16.5. The maximum Gasteiger partial charge on any atom is 0.261 e. The quantitative estimate of drug-likeness (QED) is 0.554. The van der Waals surface area contributed by atoms with Crippen LogP contribution in [0.5, 0.6) is 0 Å². The smallest absolute Gasteiger partial charge is 0.261 e. The first kappa shape index (κ1) is 15.1. The fourth-order valence-electron chi connectivity index (χ4n) is 2.50. The van der Waals surface area contributed by atoms with Gasteiger partial charge >= 0.3 is 0 Å². The molecule has 0 bridgehead atoms. The summed E-state index contributed by atoms with van der Waals surface area (Å²) in [6.07, 6.45) is 1.58. The van der Waals surface area contributed by atoms with E-state index in [0.717, 1.165) is 16.3 Å². The van der Waals surface area contributed by atoms with Crippen LogP contribution in [0.4, 0.5) is 0 Å². The molecular weight excluding hydrogens is 342 g/mol. The molecule has 0 aliphatic heterocycles. The Morgan fingerprint density at radius 3 is 2.71 bits per heavy atom. The van der Waals surface area contributed by atoms with Gasteiger partial charge in [0.2, 0.25) is 0 Å². The van der Waals surface area contributed by atoms with Crippen molar-refractivity contribution in [1.29, 1.82) is 0 Å². The molecule has 2 heterocycles. The van der Waals surface area contributed by atoms with Crippen LogP contribution in [-0.2, 0) is 6.54 Å². The number of para-hydroxylation sites is 1. The minimum atomic E-state index is -0.0540. The van der Waals surface area contributed by atoms with Crippen molar-refractivity contribution >= 4 is 33.8 Å². The Labute approximate surface area is 147 Å². The van der Waals surface area contributed by atoms with Crippen molar-refractivity contribution in [1.82, 2.24) is 14.5 Å². The van der Waals surface area contributed by atoms with Gasteiger partial charge in [0.25, 0.3) is 5.56 Å². The largest absolute Gasteiger partial charge is 0.293 e. The van der Waals surface area contributed by atoms with E-state index in [4.69, 9.17) is 11.6 Å². The van der Waals surface area contributed by atoms with E-state index in [1.807, 2.05) is 47.8 Å². The molecule has 4 nitrogen and oxygen atoms in total. The minimum Gasteiger partial charge on any atom is -0.293 e. The van der Waals surface area contributed by atoms with Crippen molar-refractivity contribution in [3.05, 3.63) is 81.3 Å². The second-order valence-corrected chi connectivity index (χ2v) is 6.64. The third-order valence-corrected chi connectivity index (χ3v) is 4.90. The van der Waals surface area contributed by atoms with Crippen LogP contribution in [0.2, 0.25) is 5.02 Å². The second kappa shape index (κ2) is 6.19. The van der Waals surface area contributed by atoms with Crippen LogP contribution in [0.25, 0.3) is 21.5 Å². The molecule has 0 aliphatic carbocycles. The average molecular weight is 354 g/mol. The van der Waals surface area contributed by atoms with E-state index >= 15 is 0 Å². The number of halogens is 1. The zero-order valence-electron chi connectivity index (χ0n) is 12.5. The Morgan fingerprint density at radius 2 is 1.88 bits per heavy atom. The van der Waals surface area contributed by atoms with E-state index in [0.29, 0.717) is 22.5 Å². The van der Waals surface area contributed by atoms with Gasteiger partial charge in [-0.3, -0.25) is 9.36 Å². The van der Waals surface area contributed by atoms with Gasteiger partial charge in [-0.25, -0.2) is 9.97 Å². The molecule has 6 heteroatoms. The Balaban J connectivity index is 1.66. The lowest BCUT2D eigenvalue weighted by atomic mass is 10.2. The van der Waals surface area contributed by atoms with Crippen LogP contribution in [0.3, 0.4) is 0 Å². The number of fused-ring (bicyclic) bond motifs is 1. The molecule has 4 aromatic rings. The van der Waals surface area contributed by atoms with Gasteiger partial charge in [0.1, 0.15) is 5.01 Å². The summed E-state index contributed by atoms with van der Waals surface area (Å²) in [6.45, 7) is 0.404. The van der Waals surface area contributed by atoms with Crippen molar-refractivity contribution in [2.24, 2.45) is 0 Å². The molecule has 0 aliphatic rings. The fraction of sp³-hybridized carbons (Fsp3) is 0.0556. The topological polar surface area (TPSA) is 47.8 Å². The monoisotopic (exact) mass is 353 g/mol. The maximum absolute atomic E-state index is 12.5. The highest BCUT2D eigenvalue weighted by atomic mass is 35.5. The summed E-state index contributed by atoms with van der Waals surface area (Å²) in [5, 5.41) is 4.19. The standard InChI is InChI=1S/C18H12ClN3OS/c19-13-7-5-12(6-8-13)17-21-14(10-24-17)9-22-11-20-16-4-2-1-3-15(16)18(22)23/h1-8,10-11H,9H2. The van der Waals surface area contributed by atoms with Crippen LogP contribution in [0.15, 0.2) is 65.0 Å². The van der Waals surface area contributed by atoms with Crippen molar-refractivity contribution in [2.45, 2.75) is 6.54 Å². The van der Waals surface area contributed by atoms with E-state index in [2.05, 4.69) is 9.97 Å². The Kier molecular flexibility index (Phi) is 3.88. The Morgan fingerprint density at radius 1 is 1.08 bits per heavy atom. The fourth-order valence-corrected chi connectivity index (χ4v) is 3.44. The molecule has 0 saturated carbocycles. The van der Waals surface area contributed by atoms with Gasteiger partial charge in [0, 0.05) is 16.0 Å². The molecule has 0 radical (unpaired) electrons. The van der Waals surface area contributed by atoms with Crippen molar-refractivity contribution in [3.63, 3.8) is 0 Å². The second-order valence-electron chi connectivity index (χ2n) is 5.35. The van der Waals surface area contributed by atoms with E-state index < -0.39 is 0 Å². The summed E-state index contributed by atoms with van der Waals surface area (Å²) in [4.78, 5) is 21.5. The van der Waals surface area contributed by atoms with E-state index in [9.17, 15) is 4.79 Å². The van der Waals surface area contributed by atoms with Gasteiger partial charge in [0.15, 0.2) is 0 Å². The Bertz CT molecular complexity index is 1070. The van der Waals surface area contributed by atoms with E-state index in [1.165, 1.54) is 0 Å². The zero-order valence-corrected chi connectivity index (χ0v) is 14.1. The first-order chi connectivity index (χ1) is 11.7. The normalized spacial score (nSPS) is 11.0. The lowest BCUT2D eigenvalue weighted by Gasteiger charge is -2.04. The van der Waals surface area contributed by atoms with Crippen LogP contribution in [-0.4, -0.2) is 14.5 Å². The third-order valence-electron chi connectivity index (χ3n) is 3.71. The van der Waals surface area contributed by atoms with Crippen LogP contribution in [0.1, 0.15) is 5.69 Å². The number of hydrogen-bond acceptors (Lipinski definition) is 4. The van der Waals surface area contributed by atoms with Crippen molar-refractivity contribution in [2.75, 3.05) is 0 Å². The first-order valence-electron chi connectivity index (χ1n) is 7.35. The van der Waals surface area contributed by atoms with Crippen molar-refractivity contribution < 1.29 is 0 Å². The molecular formula is C18H12ClN3OS. The third kappa shape index (κ3) is 2.84. The Hall–Kier alpha value is -2.50. The van der Waals surface area contributed by atoms with Gasteiger partial charge in [-0.15, -0.1) is 11.3 Å². The average Bonchev–Trinajstić information content (AvgIpc) is 3.07.